The summed E-state index contributed by atoms with van der Waals surface area (Å²) in [7, 11) is 0. The average molecular weight is 417 g/mol. The van der Waals surface area contributed by atoms with Crippen LogP contribution >= 0.6 is 0 Å². The molecular weight excluding hydrogens is 376 g/mol. The van der Waals surface area contributed by atoms with Gasteiger partial charge in [-0.1, -0.05) is 27.7 Å². The van der Waals surface area contributed by atoms with Gasteiger partial charge in [0.05, 0.1) is 12.2 Å². The van der Waals surface area contributed by atoms with Crippen molar-refractivity contribution in [1.29, 1.82) is 0 Å². The van der Waals surface area contributed by atoms with Crippen molar-refractivity contribution in [3.8, 4) is 0 Å². The van der Waals surface area contributed by atoms with E-state index in [-0.39, 0.29) is 22.9 Å². The van der Waals surface area contributed by atoms with Crippen molar-refractivity contribution in [2.75, 3.05) is 0 Å². The Labute approximate surface area is 181 Å². The van der Waals surface area contributed by atoms with Gasteiger partial charge >= 0.3 is 5.97 Å². The highest BCUT2D eigenvalue weighted by atomic mass is 16.6. The number of carbonyl (C=O) groups is 2. The number of hydrogen-bond acceptors (Lipinski definition) is 4. The topological polar surface area (TPSA) is 55.9 Å². The summed E-state index contributed by atoms with van der Waals surface area (Å²) < 4.78 is 12.1. The van der Waals surface area contributed by atoms with Gasteiger partial charge in [-0.05, 0) is 79.4 Å². The summed E-state index contributed by atoms with van der Waals surface area (Å²) in [5.74, 6) is 3.83. The molecule has 168 valence electrons. The molecule has 4 saturated carbocycles. The van der Waals surface area contributed by atoms with Gasteiger partial charge < -0.3 is 9.47 Å². The Morgan fingerprint density at radius 3 is 2.60 bits per heavy atom. The fourth-order valence-corrected chi connectivity index (χ4v) is 9.18. The van der Waals surface area contributed by atoms with Crippen LogP contribution in [-0.2, 0) is 19.1 Å². The number of ether oxygens (including phenoxy) is 2. The molecule has 4 heteroatoms. The molecule has 0 aromatic carbocycles. The van der Waals surface area contributed by atoms with Crippen LogP contribution in [0.5, 0.6) is 0 Å². The first-order chi connectivity index (χ1) is 14.2. The normalized spacial score (nSPS) is 54.7. The maximum Gasteiger partial charge on any atom is 0.302 e. The number of Topliss-reactive ketones (excluding diaryl/α,β-unsaturated/α-hetero) is 1. The summed E-state index contributed by atoms with van der Waals surface area (Å²) in [5.41, 5.74) is 0.343. The predicted molar refractivity (Wildman–Crippen MR) is 115 cm³/mol. The van der Waals surface area contributed by atoms with Crippen LogP contribution in [0.15, 0.2) is 0 Å². The Morgan fingerprint density at radius 1 is 1.17 bits per heavy atom. The Hall–Kier alpha value is -0.900. The Morgan fingerprint density at radius 2 is 1.93 bits per heavy atom. The Kier molecular flexibility index (Phi) is 4.93. The van der Waals surface area contributed by atoms with Crippen LogP contribution in [0.1, 0.15) is 86.0 Å². The third kappa shape index (κ3) is 2.88. The molecule has 30 heavy (non-hydrogen) atoms. The van der Waals surface area contributed by atoms with E-state index < -0.39 is 0 Å². The SMILES string of the molecule is CCC1OC1[C@@H]1C[C@H](OC(C)=O)[C@@]2(C)CC[C@H]3[C@@H](CC[C@H]4CC(=O)C[C@H](C)[C@@]43C)[C@H]12. The molecule has 4 aliphatic carbocycles. The van der Waals surface area contributed by atoms with Crippen LogP contribution in [0.4, 0.5) is 0 Å². The monoisotopic (exact) mass is 416 g/mol. The first kappa shape index (κ1) is 21.0. The lowest BCUT2D eigenvalue weighted by Gasteiger charge is -2.62. The van der Waals surface area contributed by atoms with Crippen molar-refractivity contribution in [3.05, 3.63) is 0 Å². The van der Waals surface area contributed by atoms with Crippen molar-refractivity contribution in [1.82, 2.24) is 0 Å². The highest BCUT2D eigenvalue weighted by Gasteiger charge is 2.67. The zero-order valence-electron chi connectivity index (χ0n) is 19.5. The molecule has 5 rings (SSSR count). The smallest absolute Gasteiger partial charge is 0.302 e. The van der Waals surface area contributed by atoms with Gasteiger partial charge in [0.15, 0.2) is 0 Å². The molecule has 5 aliphatic rings. The first-order valence-electron chi connectivity index (χ1n) is 12.5. The summed E-state index contributed by atoms with van der Waals surface area (Å²) in [6.45, 7) is 11.0. The molecule has 0 radical (unpaired) electrons. The van der Waals surface area contributed by atoms with Gasteiger partial charge in [0, 0.05) is 25.2 Å². The zero-order chi connectivity index (χ0) is 21.4. The van der Waals surface area contributed by atoms with E-state index in [9.17, 15) is 9.59 Å². The highest BCUT2D eigenvalue weighted by Crippen LogP contribution is 2.69. The lowest BCUT2D eigenvalue weighted by molar-refractivity contribution is -0.169. The molecule has 0 aromatic rings. The standard InChI is InChI=1S/C26H40O4/c1-6-21-24(30-21)19-13-22(29-15(3)27)25(4)10-9-20-18(23(19)25)8-7-16-12-17(28)11-14(2)26(16,20)5/h14,16,18-24H,6-13H2,1-5H3/t14-,16-,18+,19+,20-,21?,22-,23+,24?,25+,26-/m0/s1. The number of rotatable bonds is 3. The summed E-state index contributed by atoms with van der Waals surface area (Å²) in [6, 6.07) is 0. The van der Waals surface area contributed by atoms with Crippen molar-refractivity contribution in [3.63, 3.8) is 0 Å². The van der Waals surface area contributed by atoms with Crippen molar-refractivity contribution < 1.29 is 19.1 Å². The minimum atomic E-state index is -0.137. The zero-order valence-corrected chi connectivity index (χ0v) is 19.5. The van der Waals surface area contributed by atoms with Gasteiger partial charge in [0.25, 0.3) is 0 Å². The largest absolute Gasteiger partial charge is 0.462 e. The third-order valence-electron chi connectivity index (χ3n) is 10.8. The lowest BCUT2D eigenvalue weighted by atomic mass is 9.42. The fourth-order valence-electron chi connectivity index (χ4n) is 9.18. The van der Waals surface area contributed by atoms with Crippen molar-refractivity contribution >= 4 is 11.8 Å². The Bertz CT molecular complexity index is 733. The number of epoxide rings is 1. The number of ketones is 1. The number of hydrogen-bond donors (Lipinski definition) is 0. The molecule has 1 saturated heterocycles. The highest BCUT2D eigenvalue weighted by molar-refractivity contribution is 5.80. The molecule has 5 fully saturated rings. The quantitative estimate of drug-likeness (QED) is 0.470. The molecule has 0 amide bonds. The molecule has 11 atom stereocenters. The maximum absolute atomic E-state index is 12.4. The van der Waals surface area contributed by atoms with Gasteiger partial charge in [-0.2, -0.15) is 0 Å². The second kappa shape index (κ2) is 7.05. The van der Waals surface area contributed by atoms with E-state index in [1.54, 1.807) is 6.92 Å². The molecule has 1 aliphatic heterocycles. The minimum Gasteiger partial charge on any atom is -0.462 e. The van der Waals surface area contributed by atoms with E-state index in [0.29, 0.717) is 53.5 Å². The summed E-state index contributed by atoms with van der Waals surface area (Å²) in [5, 5.41) is 0. The third-order valence-corrected chi connectivity index (χ3v) is 10.8. The van der Waals surface area contributed by atoms with E-state index in [1.807, 2.05) is 0 Å². The summed E-state index contributed by atoms with van der Waals surface area (Å²) in [4.78, 5) is 24.3. The van der Waals surface area contributed by atoms with Gasteiger partial charge in [-0.3, -0.25) is 9.59 Å². The second-order valence-electron chi connectivity index (χ2n) is 11.9. The van der Waals surface area contributed by atoms with Gasteiger partial charge in [-0.15, -0.1) is 0 Å². The van der Waals surface area contributed by atoms with Crippen molar-refractivity contribution in [2.24, 2.45) is 46.3 Å². The fraction of sp³-hybridized carbons (Fsp3) is 0.923. The van der Waals surface area contributed by atoms with Gasteiger partial charge in [0.1, 0.15) is 11.9 Å². The Balaban J connectivity index is 1.49. The van der Waals surface area contributed by atoms with Crippen LogP contribution in [0, 0.1) is 46.3 Å². The molecule has 2 unspecified atom stereocenters. The first-order valence-corrected chi connectivity index (χ1v) is 12.5. The van der Waals surface area contributed by atoms with Crippen molar-refractivity contribution in [2.45, 2.75) is 104 Å². The average Bonchev–Trinajstić information content (AvgIpc) is 3.40. The molecule has 0 N–H and O–H groups in total. The van der Waals surface area contributed by atoms with E-state index >= 15 is 0 Å². The van der Waals surface area contributed by atoms with Gasteiger partial charge in [0.2, 0.25) is 0 Å². The van der Waals surface area contributed by atoms with Crippen LogP contribution in [0.25, 0.3) is 0 Å². The summed E-state index contributed by atoms with van der Waals surface area (Å²) >= 11 is 0. The van der Waals surface area contributed by atoms with Crippen LogP contribution in [0.2, 0.25) is 0 Å². The molecule has 0 spiro atoms. The number of esters is 1. The van der Waals surface area contributed by atoms with E-state index in [0.717, 1.165) is 32.1 Å². The van der Waals surface area contributed by atoms with E-state index in [1.165, 1.54) is 19.3 Å². The molecule has 4 nitrogen and oxygen atoms in total. The number of fused-ring (bicyclic) bond motifs is 5. The minimum absolute atomic E-state index is 0.0311. The van der Waals surface area contributed by atoms with Crippen LogP contribution < -0.4 is 0 Å². The number of carbonyl (C=O) groups excluding carboxylic acids is 2. The molecule has 0 aromatic heterocycles. The van der Waals surface area contributed by atoms with E-state index in [2.05, 4.69) is 27.7 Å². The molecule has 0 bridgehead atoms. The van der Waals surface area contributed by atoms with Crippen LogP contribution in [-0.4, -0.2) is 30.1 Å². The molecular formula is C26H40O4. The lowest BCUT2D eigenvalue weighted by Crippen LogP contribution is -2.57. The second-order valence-corrected chi connectivity index (χ2v) is 11.9. The predicted octanol–water partition coefficient (Wildman–Crippen LogP) is 5.18. The van der Waals surface area contributed by atoms with E-state index in [4.69, 9.17) is 9.47 Å². The molecule has 1 heterocycles. The summed E-state index contributed by atoms with van der Waals surface area (Å²) in [6.07, 6.45) is 9.18. The maximum atomic E-state index is 12.4. The van der Waals surface area contributed by atoms with Gasteiger partial charge in [-0.25, -0.2) is 0 Å². The van der Waals surface area contributed by atoms with Crippen LogP contribution in [0.3, 0.4) is 0 Å².